The first-order valence-corrected chi connectivity index (χ1v) is 7.76. The fourth-order valence-corrected chi connectivity index (χ4v) is 2.42. The molecule has 6 heteroatoms. The lowest BCUT2D eigenvalue weighted by Gasteiger charge is -2.27. The first kappa shape index (κ1) is 16.1. The molecule has 0 amide bonds. The number of benzene rings is 1. The maximum atomic E-state index is 12.3. The molecule has 0 N–H and O–H groups in total. The number of carbonyl (C=O) groups excluding carboxylic acids is 2. The topological polar surface area (TPSA) is 68.7 Å². The van der Waals surface area contributed by atoms with Crippen LogP contribution in [0.5, 0.6) is 5.75 Å². The minimum atomic E-state index is -0.527. The van der Waals surface area contributed by atoms with Crippen LogP contribution in [-0.2, 0) is 4.74 Å². The van der Waals surface area contributed by atoms with Gasteiger partial charge in [-0.1, -0.05) is 6.07 Å². The van der Waals surface area contributed by atoms with Crippen LogP contribution in [0, 0.1) is 0 Å². The van der Waals surface area contributed by atoms with Gasteiger partial charge >= 0.3 is 5.97 Å². The van der Waals surface area contributed by atoms with Crippen molar-refractivity contribution in [3.05, 3.63) is 53.7 Å². The van der Waals surface area contributed by atoms with E-state index < -0.39 is 5.97 Å². The number of carbonyl (C=O) groups is 2. The molecule has 24 heavy (non-hydrogen) atoms. The molecule has 1 fully saturated rings. The van der Waals surface area contributed by atoms with Crippen molar-refractivity contribution in [2.24, 2.45) is 0 Å². The van der Waals surface area contributed by atoms with E-state index in [9.17, 15) is 9.59 Å². The molecule has 1 aliphatic heterocycles. The maximum absolute atomic E-state index is 12.3. The van der Waals surface area contributed by atoms with Crippen LogP contribution in [0.15, 0.2) is 42.5 Å². The molecular formula is C18H18N2O4. The predicted molar refractivity (Wildman–Crippen MR) is 88.7 cm³/mol. The summed E-state index contributed by atoms with van der Waals surface area (Å²) in [5.74, 6) is 0.552. The Kier molecular flexibility index (Phi) is 4.86. The molecule has 3 rings (SSSR count). The molecule has 0 unspecified atom stereocenters. The highest BCUT2D eigenvalue weighted by molar-refractivity contribution is 5.94. The lowest BCUT2D eigenvalue weighted by molar-refractivity contribution is 0.0728. The zero-order valence-corrected chi connectivity index (χ0v) is 13.4. The number of esters is 1. The summed E-state index contributed by atoms with van der Waals surface area (Å²) < 4.78 is 10.6. The highest BCUT2D eigenvalue weighted by Crippen LogP contribution is 2.17. The highest BCUT2D eigenvalue weighted by Gasteiger charge is 2.16. The molecule has 0 radical (unpaired) electrons. The zero-order valence-electron chi connectivity index (χ0n) is 13.4. The van der Waals surface area contributed by atoms with E-state index in [1.54, 1.807) is 36.4 Å². The minimum Gasteiger partial charge on any atom is -0.422 e. The summed E-state index contributed by atoms with van der Waals surface area (Å²) in [6.07, 6.45) is 0. The Balaban J connectivity index is 1.71. The van der Waals surface area contributed by atoms with E-state index in [1.165, 1.54) is 6.92 Å². The van der Waals surface area contributed by atoms with E-state index in [-0.39, 0.29) is 11.5 Å². The first-order valence-electron chi connectivity index (χ1n) is 7.76. The van der Waals surface area contributed by atoms with Crippen molar-refractivity contribution in [1.82, 2.24) is 4.98 Å². The molecule has 1 aliphatic rings. The van der Waals surface area contributed by atoms with Gasteiger partial charge in [-0.3, -0.25) is 4.79 Å². The smallest absolute Gasteiger partial charge is 0.362 e. The molecule has 0 saturated carbocycles. The molecule has 2 aromatic rings. The monoisotopic (exact) mass is 326 g/mol. The fourth-order valence-electron chi connectivity index (χ4n) is 2.42. The average molecular weight is 326 g/mol. The van der Waals surface area contributed by atoms with E-state index in [0.717, 1.165) is 18.9 Å². The number of ether oxygens (including phenoxy) is 2. The van der Waals surface area contributed by atoms with E-state index in [4.69, 9.17) is 9.47 Å². The summed E-state index contributed by atoms with van der Waals surface area (Å²) in [5.41, 5.74) is 0.817. The predicted octanol–water partition coefficient (Wildman–Crippen LogP) is 2.34. The van der Waals surface area contributed by atoms with Crippen LogP contribution in [0.3, 0.4) is 0 Å². The van der Waals surface area contributed by atoms with Crippen molar-refractivity contribution in [2.45, 2.75) is 6.92 Å². The van der Waals surface area contributed by atoms with Gasteiger partial charge in [0.25, 0.3) is 0 Å². The Hall–Kier alpha value is -2.73. The normalized spacial score (nSPS) is 14.3. The molecule has 0 aliphatic carbocycles. The van der Waals surface area contributed by atoms with Gasteiger partial charge in [0.05, 0.1) is 13.2 Å². The van der Waals surface area contributed by atoms with Crippen LogP contribution in [0.1, 0.15) is 27.8 Å². The Morgan fingerprint density at radius 2 is 1.79 bits per heavy atom. The maximum Gasteiger partial charge on any atom is 0.362 e. The van der Waals surface area contributed by atoms with Crippen LogP contribution in [-0.4, -0.2) is 43.0 Å². The second-order valence-electron chi connectivity index (χ2n) is 5.45. The summed E-state index contributed by atoms with van der Waals surface area (Å²) in [7, 11) is 0. The third-order valence-electron chi connectivity index (χ3n) is 3.75. The average Bonchev–Trinajstić information content (AvgIpc) is 2.63. The van der Waals surface area contributed by atoms with Crippen molar-refractivity contribution >= 4 is 17.6 Å². The molecule has 6 nitrogen and oxygen atoms in total. The van der Waals surface area contributed by atoms with Crippen LogP contribution >= 0.6 is 0 Å². The largest absolute Gasteiger partial charge is 0.422 e. The SMILES string of the molecule is CC(=O)c1ccc(OC(=O)c2cccc(N3CCOCC3)n2)cc1. The van der Waals surface area contributed by atoms with Gasteiger partial charge in [0.1, 0.15) is 11.6 Å². The molecule has 0 bridgehead atoms. The van der Waals surface area contributed by atoms with Gasteiger partial charge in [-0.15, -0.1) is 0 Å². The number of hydrogen-bond acceptors (Lipinski definition) is 6. The summed E-state index contributed by atoms with van der Waals surface area (Å²) in [6.45, 7) is 4.29. The highest BCUT2D eigenvalue weighted by atomic mass is 16.5. The summed E-state index contributed by atoms with van der Waals surface area (Å²) in [5, 5.41) is 0. The van der Waals surface area contributed by atoms with E-state index in [2.05, 4.69) is 9.88 Å². The number of morpholine rings is 1. The first-order chi connectivity index (χ1) is 11.6. The minimum absolute atomic E-state index is 0.0345. The van der Waals surface area contributed by atoms with Gasteiger partial charge in [-0.25, -0.2) is 9.78 Å². The molecular weight excluding hydrogens is 308 g/mol. The van der Waals surface area contributed by atoms with Crippen molar-refractivity contribution < 1.29 is 19.1 Å². The Morgan fingerprint density at radius 1 is 1.08 bits per heavy atom. The van der Waals surface area contributed by atoms with Crippen molar-refractivity contribution in [2.75, 3.05) is 31.2 Å². The molecule has 124 valence electrons. The Labute approximate surface area is 140 Å². The van der Waals surface area contributed by atoms with Gasteiger partial charge in [-0.05, 0) is 43.3 Å². The van der Waals surface area contributed by atoms with Crippen LogP contribution in [0.4, 0.5) is 5.82 Å². The number of anilines is 1. The van der Waals surface area contributed by atoms with Crippen LogP contribution in [0.2, 0.25) is 0 Å². The number of pyridine rings is 1. The van der Waals surface area contributed by atoms with Crippen LogP contribution in [0.25, 0.3) is 0 Å². The third kappa shape index (κ3) is 3.78. The summed E-state index contributed by atoms with van der Waals surface area (Å²) in [6, 6.07) is 11.7. The number of ketones is 1. The Morgan fingerprint density at radius 3 is 2.46 bits per heavy atom. The van der Waals surface area contributed by atoms with E-state index in [0.29, 0.717) is 24.5 Å². The molecule has 0 atom stereocenters. The lowest BCUT2D eigenvalue weighted by atomic mass is 10.1. The van der Waals surface area contributed by atoms with Gasteiger partial charge in [0, 0.05) is 18.7 Å². The third-order valence-corrected chi connectivity index (χ3v) is 3.75. The number of rotatable bonds is 4. The lowest BCUT2D eigenvalue weighted by Crippen LogP contribution is -2.37. The van der Waals surface area contributed by atoms with Gasteiger partial charge in [0.15, 0.2) is 11.5 Å². The van der Waals surface area contributed by atoms with E-state index in [1.807, 2.05) is 6.07 Å². The van der Waals surface area contributed by atoms with E-state index >= 15 is 0 Å². The molecule has 2 heterocycles. The second-order valence-corrected chi connectivity index (χ2v) is 5.45. The molecule has 1 aromatic heterocycles. The van der Waals surface area contributed by atoms with Crippen molar-refractivity contribution in [3.63, 3.8) is 0 Å². The Bertz CT molecular complexity index is 737. The fraction of sp³-hybridized carbons (Fsp3) is 0.278. The molecule has 0 spiro atoms. The zero-order chi connectivity index (χ0) is 16.9. The number of hydrogen-bond donors (Lipinski definition) is 0. The van der Waals surface area contributed by atoms with Gasteiger partial charge in [-0.2, -0.15) is 0 Å². The number of Topliss-reactive ketones (excluding diaryl/α,β-unsaturated/α-hetero) is 1. The standard InChI is InChI=1S/C18H18N2O4/c1-13(21)14-5-7-15(8-6-14)24-18(22)16-3-2-4-17(19-16)20-9-11-23-12-10-20/h2-8H,9-12H2,1H3. The number of aromatic nitrogens is 1. The quantitative estimate of drug-likeness (QED) is 0.488. The van der Waals surface area contributed by atoms with Crippen molar-refractivity contribution in [1.29, 1.82) is 0 Å². The number of nitrogens with zero attached hydrogens (tertiary/aromatic N) is 2. The summed E-state index contributed by atoms with van der Waals surface area (Å²) in [4.78, 5) is 30.0. The van der Waals surface area contributed by atoms with Crippen molar-refractivity contribution in [3.8, 4) is 5.75 Å². The van der Waals surface area contributed by atoms with Gasteiger partial charge < -0.3 is 14.4 Å². The second kappa shape index (κ2) is 7.23. The molecule has 1 aromatic carbocycles. The molecule has 1 saturated heterocycles. The van der Waals surface area contributed by atoms with Crippen LogP contribution < -0.4 is 9.64 Å². The summed E-state index contributed by atoms with van der Waals surface area (Å²) >= 11 is 0. The van der Waals surface area contributed by atoms with Gasteiger partial charge in [0.2, 0.25) is 0 Å².